The van der Waals surface area contributed by atoms with Crippen molar-refractivity contribution in [1.29, 1.82) is 0 Å². The second-order valence-electron chi connectivity index (χ2n) is 7.26. The van der Waals surface area contributed by atoms with E-state index in [1.165, 1.54) is 18.2 Å². The minimum absolute atomic E-state index is 0.0831. The first-order chi connectivity index (χ1) is 16.0. The van der Waals surface area contributed by atoms with E-state index in [9.17, 15) is 14.4 Å². The third-order valence-corrected chi connectivity index (χ3v) is 5.41. The molecule has 0 aliphatic carbocycles. The van der Waals surface area contributed by atoms with Gasteiger partial charge >= 0.3 is 5.97 Å². The molecule has 1 aliphatic rings. The molecule has 0 radical (unpaired) electrons. The van der Waals surface area contributed by atoms with E-state index < -0.39 is 18.5 Å². The van der Waals surface area contributed by atoms with Crippen LogP contribution in [0.4, 0.5) is 11.4 Å². The summed E-state index contributed by atoms with van der Waals surface area (Å²) in [5.74, 6) is -0.656. The van der Waals surface area contributed by atoms with Crippen molar-refractivity contribution in [1.82, 2.24) is 0 Å². The fourth-order valence-corrected chi connectivity index (χ4v) is 3.66. The summed E-state index contributed by atoms with van der Waals surface area (Å²) in [6.45, 7) is 2.21. The second kappa shape index (κ2) is 10.3. The topological polar surface area (TPSA) is 98.1 Å². The summed E-state index contributed by atoms with van der Waals surface area (Å²) in [7, 11) is 0. The highest BCUT2D eigenvalue weighted by molar-refractivity contribution is 6.33. The lowest BCUT2D eigenvalue weighted by Gasteiger charge is -2.30. The molecule has 1 amide bonds. The van der Waals surface area contributed by atoms with E-state index in [1.54, 1.807) is 18.2 Å². The molecule has 0 unspecified atom stereocenters. The maximum Gasteiger partial charge on any atom is 0.340 e. The molecule has 1 aromatic heterocycles. The van der Waals surface area contributed by atoms with Crippen LogP contribution in [0.3, 0.4) is 0 Å². The molecular formula is C24H21ClN2O6. The minimum Gasteiger partial charge on any atom is -0.453 e. The standard InChI is InChI=1S/C24H21ClN2O6/c25-19-7-5-16(22-8-6-17(14-28)33-22)13-18(19)24(30)32-15-23(29)26-20-3-1-2-4-21(20)27-9-11-31-12-10-27/h1-8,13-14H,9-12,15H2,(H,26,29). The fraction of sp³-hybridized carbons (Fsp3) is 0.208. The second-order valence-corrected chi connectivity index (χ2v) is 7.66. The van der Waals surface area contributed by atoms with Crippen LogP contribution in [0.5, 0.6) is 0 Å². The Labute approximate surface area is 195 Å². The molecule has 2 heterocycles. The maximum absolute atomic E-state index is 12.6. The number of ether oxygens (including phenoxy) is 2. The Morgan fingerprint density at radius 1 is 1.09 bits per heavy atom. The highest BCUT2D eigenvalue weighted by Gasteiger charge is 2.18. The Balaban J connectivity index is 1.41. The first-order valence-electron chi connectivity index (χ1n) is 10.3. The average Bonchev–Trinajstić information content (AvgIpc) is 3.33. The molecule has 170 valence electrons. The molecule has 4 rings (SSSR count). The SMILES string of the molecule is O=Cc1ccc(-c2ccc(Cl)c(C(=O)OCC(=O)Nc3ccccc3N3CCOCC3)c2)o1. The van der Waals surface area contributed by atoms with Crippen molar-refractivity contribution < 1.29 is 28.3 Å². The van der Waals surface area contributed by atoms with Crippen LogP contribution in [0, 0.1) is 0 Å². The van der Waals surface area contributed by atoms with Gasteiger partial charge in [-0.1, -0.05) is 23.7 Å². The van der Waals surface area contributed by atoms with E-state index in [0.29, 0.717) is 36.5 Å². The molecule has 1 aliphatic heterocycles. The quantitative estimate of drug-likeness (QED) is 0.412. The average molecular weight is 469 g/mol. The number of benzene rings is 2. The molecule has 9 heteroatoms. The number of halogens is 1. The molecule has 0 saturated carbocycles. The van der Waals surface area contributed by atoms with Crippen LogP contribution < -0.4 is 10.2 Å². The number of furan rings is 1. The Kier molecular flexibility index (Phi) is 7.07. The van der Waals surface area contributed by atoms with Crippen molar-refractivity contribution in [3.63, 3.8) is 0 Å². The number of aldehydes is 1. The first kappa shape index (κ1) is 22.6. The van der Waals surface area contributed by atoms with Gasteiger partial charge in [0, 0.05) is 18.7 Å². The summed E-state index contributed by atoms with van der Waals surface area (Å²) in [4.78, 5) is 38.0. The molecule has 33 heavy (non-hydrogen) atoms. The van der Waals surface area contributed by atoms with Crippen LogP contribution in [0.25, 0.3) is 11.3 Å². The number of hydrogen-bond acceptors (Lipinski definition) is 7. The molecule has 3 aromatic rings. The van der Waals surface area contributed by atoms with Crippen LogP contribution in [0.1, 0.15) is 20.9 Å². The third-order valence-electron chi connectivity index (χ3n) is 5.08. The van der Waals surface area contributed by atoms with Gasteiger partial charge in [-0.25, -0.2) is 4.79 Å². The largest absolute Gasteiger partial charge is 0.453 e. The van der Waals surface area contributed by atoms with Crippen LogP contribution in [-0.4, -0.2) is 51.1 Å². The number of esters is 1. The normalized spacial score (nSPS) is 13.4. The van der Waals surface area contributed by atoms with Gasteiger partial charge in [-0.2, -0.15) is 0 Å². The lowest BCUT2D eigenvalue weighted by atomic mass is 10.1. The molecule has 2 aromatic carbocycles. The van der Waals surface area contributed by atoms with Gasteiger partial charge in [0.15, 0.2) is 18.7 Å². The summed E-state index contributed by atoms with van der Waals surface area (Å²) in [5.41, 5.74) is 2.14. The maximum atomic E-state index is 12.6. The molecule has 1 fully saturated rings. The van der Waals surface area contributed by atoms with Gasteiger partial charge in [0.05, 0.1) is 35.2 Å². The van der Waals surface area contributed by atoms with Crippen molar-refractivity contribution in [2.24, 2.45) is 0 Å². The molecule has 8 nitrogen and oxygen atoms in total. The number of para-hydroxylation sites is 2. The summed E-state index contributed by atoms with van der Waals surface area (Å²) < 4.78 is 16.0. The van der Waals surface area contributed by atoms with Crippen LogP contribution in [0.15, 0.2) is 59.0 Å². The number of hydrogen-bond donors (Lipinski definition) is 1. The number of amides is 1. The van der Waals surface area contributed by atoms with Gasteiger partial charge in [0.1, 0.15) is 5.76 Å². The summed E-state index contributed by atoms with van der Waals surface area (Å²) in [6, 6.07) is 15.2. The Hall–Kier alpha value is -3.62. The zero-order valence-electron chi connectivity index (χ0n) is 17.6. The summed E-state index contributed by atoms with van der Waals surface area (Å²) in [5, 5.41) is 2.97. The zero-order chi connectivity index (χ0) is 23.2. The smallest absolute Gasteiger partial charge is 0.340 e. The van der Waals surface area contributed by atoms with Gasteiger partial charge in [-0.15, -0.1) is 0 Å². The van der Waals surface area contributed by atoms with Gasteiger partial charge < -0.3 is 24.1 Å². The highest BCUT2D eigenvalue weighted by atomic mass is 35.5. The number of anilines is 2. The molecule has 1 N–H and O–H groups in total. The number of carbonyl (C=O) groups is 3. The predicted molar refractivity (Wildman–Crippen MR) is 123 cm³/mol. The van der Waals surface area contributed by atoms with Crippen molar-refractivity contribution in [3.05, 3.63) is 70.9 Å². The molecular weight excluding hydrogens is 448 g/mol. The van der Waals surface area contributed by atoms with E-state index in [4.69, 9.17) is 25.5 Å². The van der Waals surface area contributed by atoms with Crippen molar-refractivity contribution >= 4 is 41.1 Å². The van der Waals surface area contributed by atoms with Crippen LogP contribution in [-0.2, 0) is 14.3 Å². The van der Waals surface area contributed by atoms with Crippen molar-refractivity contribution in [2.45, 2.75) is 0 Å². The van der Waals surface area contributed by atoms with Gasteiger partial charge in [-0.3, -0.25) is 9.59 Å². The number of nitrogens with one attached hydrogen (secondary N) is 1. The lowest BCUT2D eigenvalue weighted by molar-refractivity contribution is -0.119. The van der Waals surface area contributed by atoms with E-state index in [0.717, 1.165) is 18.8 Å². The summed E-state index contributed by atoms with van der Waals surface area (Å²) in [6.07, 6.45) is 0.588. The molecule has 0 spiro atoms. The molecule has 1 saturated heterocycles. The summed E-state index contributed by atoms with van der Waals surface area (Å²) >= 11 is 6.16. The van der Waals surface area contributed by atoms with E-state index in [-0.39, 0.29) is 16.3 Å². The Bertz CT molecular complexity index is 1170. The van der Waals surface area contributed by atoms with Gasteiger partial charge in [-0.05, 0) is 42.5 Å². The number of morpholine rings is 1. The fourth-order valence-electron chi connectivity index (χ4n) is 3.46. The van der Waals surface area contributed by atoms with Crippen LogP contribution >= 0.6 is 11.6 Å². The number of carbonyl (C=O) groups excluding carboxylic acids is 3. The Morgan fingerprint density at radius 2 is 1.88 bits per heavy atom. The van der Waals surface area contributed by atoms with Gasteiger partial charge in [0.25, 0.3) is 5.91 Å². The van der Waals surface area contributed by atoms with E-state index in [1.807, 2.05) is 18.2 Å². The number of rotatable bonds is 7. The number of nitrogens with zero attached hydrogens (tertiary/aromatic N) is 1. The lowest BCUT2D eigenvalue weighted by Crippen LogP contribution is -2.36. The highest BCUT2D eigenvalue weighted by Crippen LogP contribution is 2.28. The molecule has 0 bridgehead atoms. The third kappa shape index (κ3) is 5.42. The van der Waals surface area contributed by atoms with Crippen LogP contribution in [0.2, 0.25) is 5.02 Å². The van der Waals surface area contributed by atoms with Gasteiger partial charge in [0.2, 0.25) is 0 Å². The molecule has 0 atom stereocenters. The minimum atomic E-state index is -0.749. The van der Waals surface area contributed by atoms with Crippen molar-refractivity contribution in [3.8, 4) is 11.3 Å². The van der Waals surface area contributed by atoms with E-state index >= 15 is 0 Å². The van der Waals surface area contributed by atoms with Crippen molar-refractivity contribution in [2.75, 3.05) is 43.1 Å². The first-order valence-corrected chi connectivity index (χ1v) is 10.7. The Morgan fingerprint density at radius 3 is 2.64 bits per heavy atom. The zero-order valence-corrected chi connectivity index (χ0v) is 18.3. The monoisotopic (exact) mass is 468 g/mol. The van der Waals surface area contributed by atoms with E-state index in [2.05, 4.69) is 10.2 Å². The predicted octanol–water partition coefficient (Wildman–Crippen LogP) is 4.04.